The van der Waals surface area contributed by atoms with Crippen molar-refractivity contribution in [3.8, 4) is 0 Å². The molecule has 0 spiro atoms. The Morgan fingerprint density at radius 1 is 1.40 bits per heavy atom. The Kier molecular flexibility index (Phi) is 0.922. The molecule has 0 bridgehead atoms. The quantitative estimate of drug-likeness (QED) is 0.533. The molecule has 54 valence electrons. The van der Waals surface area contributed by atoms with Crippen molar-refractivity contribution in [1.82, 2.24) is 9.36 Å². The number of rotatable bonds is 0. The van der Waals surface area contributed by atoms with Crippen LogP contribution in [-0.4, -0.2) is 9.36 Å². The molecular weight excluding hydrogens is 130 g/mol. The van der Waals surface area contributed by atoms with Crippen molar-refractivity contribution in [3.63, 3.8) is 0 Å². The Bertz CT molecular complexity index is 309. The molecule has 0 fully saturated rings. The predicted octanol–water partition coefficient (Wildman–Crippen LogP) is -0.364. The monoisotopic (exact) mass is 139 g/mol. The topological polar surface area (TPSA) is 53.0 Å². The van der Waals surface area contributed by atoms with Crippen molar-refractivity contribution < 1.29 is 0 Å². The number of nitrogen functional groups attached to an aromatic ring is 1. The number of nitrogens with two attached hydrogens (primary N) is 1. The van der Waals surface area contributed by atoms with E-state index in [0.29, 0.717) is 5.82 Å². The van der Waals surface area contributed by atoms with Gasteiger partial charge >= 0.3 is 0 Å². The molecule has 1 aliphatic rings. The van der Waals surface area contributed by atoms with Gasteiger partial charge in [-0.15, -0.1) is 0 Å². The number of anilines is 1. The normalized spacial score (nSPS) is 15.6. The van der Waals surface area contributed by atoms with Crippen LogP contribution in [0, 0.1) is 0 Å². The maximum absolute atomic E-state index is 11.0. The minimum absolute atomic E-state index is 0.0231. The number of hydrogen-bond acceptors (Lipinski definition) is 2. The van der Waals surface area contributed by atoms with Gasteiger partial charge in [0.05, 0.1) is 0 Å². The van der Waals surface area contributed by atoms with Crippen LogP contribution in [0.3, 0.4) is 0 Å². The molecule has 0 atom stereocenters. The van der Waals surface area contributed by atoms with Gasteiger partial charge in [-0.05, 0) is 6.42 Å². The summed E-state index contributed by atoms with van der Waals surface area (Å²) in [5.74, 6) is 0.586. The maximum atomic E-state index is 11.0. The predicted molar refractivity (Wildman–Crippen MR) is 37.7 cm³/mol. The molecule has 0 unspecified atom stereocenters. The van der Waals surface area contributed by atoms with Gasteiger partial charge < -0.3 is 5.73 Å². The molecule has 2 rings (SSSR count). The first-order chi connectivity index (χ1) is 4.79. The Balaban J connectivity index is 2.73. The molecule has 1 aromatic rings. The minimum Gasteiger partial charge on any atom is -0.384 e. The van der Waals surface area contributed by atoms with E-state index in [4.69, 9.17) is 5.73 Å². The summed E-state index contributed by atoms with van der Waals surface area (Å²) in [6.07, 6.45) is 1.03. The molecule has 0 aliphatic carbocycles. The van der Waals surface area contributed by atoms with Crippen molar-refractivity contribution >= 4 is 5.82 Å². The highest BCUT2D eigenvalue weighted by molar-refractivity contribution is 5.27. The first kappa shape index (κ1) is 5.58. The van der Waals surface area contributed by atoms with E-state index >= 15 is 0 Å². The zero-order valence-electron chi connectivity index (χ0n) is 5.58. The third-order valence-corrected chi connectivity index (χ3v) is 1.86. The summed E-state index contributed by atoms with van der Waals surface area (Å²) in [4.78, 5) is 11.0. The molecule has 1 aliphatic heterocycles. The second-order valence-electron chi connectivity index (χ2n) is 2.51. The lowest BCUT2D eigenvalue weighted by atomic mass is 10.4. The lowest BCUT2D eigenvalue weighted by Crippen LogP contribution is -2.15. The van der Waals surface area contributed by atoms with Crippen molar-refractivity contribution in [2.24, 2.45) is 0 Å². The van der Waals surface area contributed by atoms with E-state index < -0.39 is 0 Å². The molecule has 2 heterocycles. The van der Waals surface area contributed by atoms with Crippen LogP contribution < -0.4 is 11.3 Å². The maximum Gasteiger partial charge on any atom is 0.268 e. The number of aromatic nitrogens is 2. The van der Waals surface area contributed by atoms with Crippen molar-refractivity contribution in [1.29, 1.82) is 0 Å². The summed E-state index contributed by atoms with van der Waals surface area (Å²) in [6.45, 7) is 1.70. The number of hydrogen-bond donors (Lipinski definition) is 1. The first-order valence-electron chi connectivity index (χ1n) is 3.35. The molecule has 1 aromatic heterocycles. The van der Waals surface area contributed by atoms with Gasteiger partial charge in [-0.1, -0.05) is 0 Å². The van der Waals surface area contributed by atoms with Gasteiger partial charge in [0.25, 0.3) is 5.56 Å². The van der Waals surface area contributed by atoms with E-state index in [1.807, 2.05) is 4.68 Å². The van der Waals surface area contributed by atoms with Crippen molar-refractivity contribution in [3.05, 3.63) is 16.4 Å². The summed E-state index contributed by atoms with van der Waals surface area (Å²) < 4.78 is 3.50. The van der Waals surface area contributed by atoms with Gasteiger partial charge in [-0.25, -0.2) is 4.68 Å². The molecule has 0 aromatic carbocycles. The van der Waals surface area contributed by atoms with Crippen LogP contribution in [0.1, 0.15) is 6.42 Å². The fraction of sp³-hybridized carbons (Fsp3) is 0.500. The Labute approximate surface area is 57.8 Å². The second-order valence-corrected chi connectivity index (χ2v) is 2.51. The van der Waals surface area contributed by atoms with Crippen LogP contribution in [-0.2, 0) is 13.1 Å². The number of nitrogens with zero attached hydrogens (tertiary/aromatic N) is 2. The Morgan fingerprint density at radius 3 is 2.80 bits per heavy atom. The average molecular weight is 139 g/mol. The summed E-state index contributed by atoms with van der Waals surface area (Å²) in [5, 5.41) is 0. The van der Waals surface area contributed by atoms with Gasteiger partial charge in [-0.3, -0.25) is 9.48 Å². The van der Waals surface area contributed by atoms with Gasteiger partial charge in [0, 0.05) is 19.2 Å². The molecule has 0 saturated heterocycles. The van der Waals surface area contributed by atoms with Gasteiger partial charge in [0.1, 0.15) is 5.82 Å². The highest BCUT2D eigenvalue weighted by Crippen LogP contribution is 2.08. The summed E-state index contributed by atoms with van der Waals surface area (Å²) in [5.41, 5.74) is 5.56. The van der Waals surface area contributed by atoms with E-state index in [0.717, 1.165) is 19.5 Å². The molecule has 4 heteroatoms. The standard InChI is InChI=1S/C6H9N3O/c7-5-4-6(10)9-3-1-2-8(5)9/h4H,1-3,7H2. The Morgan fingerprint density at radius 2 is 2.10 bits per heavy atom. The van der Waals surface area contributed by atoms with Crippen LogP contribution in [0.4, 0.5) is 5.82 Å². The van der Waals surface area contributed by atoms with Gasteiger partial charge in [-0.2, -0.15) is 0 Å². The summed E-state index contributed by atoms with van der Waals surface area (Å²) in [7, 11) is 0. The highest BCUT2D eigenvalue weighted by Gasteiger charge is 2.13. The van der Waals surface area contributed by atoms with Crippen LogP contribution in [0.25, 0.3) is 0 Å². The minimum atomic E-state index is 0.0231. The van der Waals surface area contributed by atoms with E-state index in [1.165, 1.54) is 6.07 Å². The van der Waals surface area contributed by atoms with E-state index in [1.54, 1.807) is 4.68 Å². The number of fused-ring (bicyclic) bond motifs is 1. The Hall–Kier alpha value is -1.19. The molecule has 2 N–H and O–H groups in total. The van der Waals surface area contributed by atoms with E-state index in [2.05, 4.69) is 0 Å². The van der Waals surface area contributed by atoms with Crippen LogP contribution in [0.15, 0.2) is 10.9 Å². The zero-order valence-corrected chi connectivity index (χ0v) is 5.58. The fourth-order valence-electron chi connectivity index (χ4n) is 1.38. The zero-order chi connectivity index (χ0) is 7.14. The lowest BCUT2D eigenvalue weighted by Gasteiger charge is -1.98. The van der Waals surface area contributed by atoms with Crippen molar-refractivity contribution in [2.45, 2.75) is 19.5 Å². The summed E-state index contributed by atoms with van der Waals surface area (Å²) >= 11 is 0. The smallest absolute Gasteiger partial charge is 0.268 e. The van der Waals surface area contributed by atoms with Gasteiger partial charge in [0.15, 0.2) is 0 Å². The highest BCUT2D eigenvalue weighted by atomic mass is 16.1. The van der Waals surface area contributed by atoms with Crippen LogP contribution in [0.5, 0.6) is 0 Å². The lowest BCUT2D eigenvalue weighted by molar-refractivity contribution is 0.601. The van der Waals surface area contributed by atoms with E-state index in [9.17, 15) is 4.79 Å². The summed E-state index contributed by atoms with van der Waals surface area (Å²) in [6, 6.07) is 1.47. The van der Waals surface area contributed by atoms with Crippen LogP contribution in [0.2, 0.25) is 0 Å². The second kappa shape index (κ2) is 1.65. The molecule has 0 amide bonds. The molecule has 0 saturated carbocycles. The van der Waals surface area contributed by atoms with Gasteiger partial charge in [0.2, 0.25) is 0 Å². The van der Waals surface area contributed by atoms with E-state index in [-0.39, 0.29) is 5.56 Å². The molecule has 0 radical (unpaired) electrons. The first-order valence-corrected chi connectivity index (χ1v) is 3.35. The SMILES string of the molecule is Nc1cc(=O)n2n1CCC2. The third-order valence-electron chi connectivity index (χ3n) is 1.86. The molecule has 4 nitrogen and oxygen atoms in total. The third kappa shape index (κ3) is 0.531. The van der Waals surface area contributed by atoms with Crippen LogP contribution >= 0.6 is 0 Å². The molecule has 10 heavy (non-hydrogen) atoms. The largest absolute Gasteiger partial charge is 0.384 e. The molecular formula is C6H9N3O. The van der Waals surface area contributed by atoms with Crippen molar-refractivity contribution in [2.75, 3.05) is 5.73 Å². The fourth-order valence-corrected chi connectivity index (χ4v) is 1.38. The average Bonchev–Trinajstić information content (AvgIpc) is 2.39.